The number of aryl methyl sites for hydroxylation is 1. The Morgan fingerprint density at radius 3 is 2.61 bits per heavy atom. The third-order valence-electron chi connectivity index (χ3n) is 2.96. The molecule has 2 amide bonds. The molecule has 23 heavy (non-hydrogen) atoms. The van der Waals surface area contributed by atoms with Crippen LogP contribution in [0.5, 0.6) is 11.5 Å². The number of nitrogens with one attached hydrogen (secondary N) is 2. The fourth-order valence-corrected chi connectivity index (χ4v) is 2.89. The molecule has 0 atom stereocenters. The fraction of sp³-hybridized carbons (Fsp3) is 0.0667. The molecule has 0 bridgehead atoms. The lowest BCUT2D eigenvalue weighted by molar-refractivity contribution is 0.252. The van der Waals surface area contributed by atoms with Crippen molar-refractivity contribution in [1.82, 2.24) is 5.43 Å². The van der Waals surface area contributed by atoms with Crippen LogP contribution in [-0.4, -0.2) is 22.5 Å². The van der Waals surface area contributed by atoms with Crippen molar-refractivity contribution in [3.63, 3.8) is 0 Å². The van der Waals surface area contributed by atoms with Crippen molar-refractivity contribution in [1.29, 1.82) is 0 Å². The zero-order valence-corrected chi connectivity index (χ0v) is 15.1. The van der Waals surface area contributed by atoms with Gasteiger partial charge in [0, 0.05) is 11.3 Å². The molecule has 0 radical (unpaired) electrons. The number of amides is 2. The molecule has 4 N–H and O–H groups in total. The van der Waals surface area contributed by atoms with Crippen LogP contribution in [0.3, 0.4) is 0 Å². The summed E-state index contributed by atoms with van der Waals surface area (Å²) >= 11 is 6.21. The van der Waals surface area contributed by atoms with Gasteiger partial charge in [-0.3, -0.25) is 0 Å². The van der Waals surface area contributed by atoms with Crippen molar-refractivity contribution in [2.75, 3.05) is 5.32 Å². The van der Waals surface area contributed by atoms with Gasteiger partial charge in [0.1, 0.15) is 16.0 Å². The topological polar surface area (TPSA) is 94.0 Å². The number of hydrogen-bond donors (Lipinski definition) is 4. The van der Waals surface area contributed by atoms with Crippen molar-refractivity contribution < 1.29 is 15.0 Å². The van der Waals surface area contributed by atoms with Crippen molar-refractivity contribution in [3.8, 4) is 11.5 Å². The molecule has 2 aromatic carbocycles. The number of hydrazone groups is 1. The second-order valence-corrected chi connectivity index (χ2v) is 6.25. The molecule has 0 unspecified atom stereocenters. The molecule has 0 spiro atoms. The number of carbonyl (C=O) groups excluding carboxylic acids is 1. The fourth-order valence-electron chi connectivity index (χ4n) is 1.74. The zero-order chi connectivity index (χ0) is 17.0. The molecule has 0 aliphatic rings. The molecular formula is C15H13Br2N3O3. The molecular weight excluding hydrogens is 430 g/mol. The van der Waals surface area contributed by atoms with E-state index in [0.29, 0.717) is 15.7 Å². The second kappa shape index (κ2) is 7.47. The Hall–Kier alpha value is -2.06. The summed E-state index contributed by atoms with van der Waals surface area (Å²) in [4.78, 5) is 11.8. The highest BCUT2D eigenvalue weighted by Gasteiger charge is 2.12. The van der Waals surface area contributed by atoms with Gasteiger partial charge in [0.05, 0.1) is 10.7 Å². The van der Waals surface area contributed by atoms with Crippen LogP contribution in [0.4, 0.5) is 10.5 Å². The molecule has 0 saturated heterocycles. The van der Waals surface area contributed by atoms with Gasteiger partial charge in [-0.15, -0.1) is 0 Å². The summed E-state index contributed by atoms with van der Waals surface area (Å²) in [6, 6.07) is 8.31. The van der Waals surface area contributed by atoms with E-state index in [1.807, 2.05) is 25.1 Å². The number of carbonyl (C=O) groups is 1. The van der Waals surface area contributed by atoms with E-state index in [4.69, 9.17) is 0 Å². The number of phenolic OH excluding ortho intramolecular Hbond substituents is 2. The van der Waals surface area contributed by atoms with Crippen LogP contribution >= 0.6 is 31.9 Å². The van der Waals surface area contributed by atoms with E-state index in [1.165, 1.54) is 12.3 Å². The lowest BCUT2D eigenvalue weighted by Crippen LogP contribution is -2.24. The van der Waals surface area contributed by atoms with Crippen LogP contribution in [0, 0.1) is 6.92 Å². The largest absolute Gasteiger partial charge is 0.506 e. The number of para-hydroxylation sites is 1. The highest BCUT2D eigenvalue weighted by Crippen LogP contribution is 2.40. The normalized spacial score (nSPS) is 10.7. The summed E-state index contributed by atoms with van der Waals surface area (Å²) in [5, 5.41) is 26.0. The van der Waals surface area contributed by atoms with Gasteiger partial charge in [0.25, 0.3) is 0 Å². The second-order valence-electron chi connectivity index (χ2n) is 4.60. The first-order valence-electron chi connectivity index (χ1n) is 6.45. The monoisotopic (exact) mass is 441 g/mol. The van der Waals surface area contributed by atoms with Gasteiger partial charge >= 0.3 is 6.03 Å². The van der Waals surface area contributed by atoms with Gasteiger partial charge in [0.2, 0.25) is 0 Å². The first kappa shape index (κ1) is 17.3. The van der Waals surface area contributed by atoms with Gasteiger partial charge in [-0.2, -0.15) is 5.10 Å². The lowest BCUT2D eigenvalue weighted by Gasteiger charge is -2.08. The standard InChI is InChI=1S/C15H13Br2N3O3/c1-8-4-2-3-5-11(8)19-15(23)20-18-7-9-6-10(16)14(22)12(17)13(9)21/h2-7,21-22H,1H3,(H2,19,20,23)/b18-7-. The van der Waals surface area contributed by atoms with Crippen LogP contribution in [0.1, 0.15) is 11.1 Å². The Morgan fingerprint density at radius 2 is 1.91 bits per heavy atom. The number of nitrogens with zero attached hydrogens (tertiary/aromatic N) is 1. The van der Waals surface area contributed by atoms with Gasteiger partial charge in [-0.1, -0.05) is 18.2 Å². The number of hydrogen-bond acceptors (Lipinski definition) is 4. The van der Waals surface area contributed by atoms with Crippen molar-refractivity contribution in [3.05, 3.63) is 50.4 Å². The summed E-state index contributed by atoms with van der Waals surface area (Å²) in [6.45, 7) is 1.88. The molecule has 6 nitrogen and oxygen atoms in total. The third-order valence-corrected chi connectivity index (χ3v) is 4.32. The molecule has 0 fully saturated rings. The Labute approximate surface area is 149 Å². The smallest absolute Gasteiger partial charge is 0.339 e. The van der Waals surface area contributed by atoms with Gasteiger partial charge in [0.15, 0.2) is 0 Å². The molecule has 120 valence electrons. The minimum Gasteiger partial charge on any atom is -0.506 e. The molecule has 0 aliphatic carbocycles. The molecule has 0 aliphatic heterocycles. The van der Waals surface area contributed by atoms with Gasteiger partial charge < -0.3 is 15.5 Å². The van der Waals surface area contributed by atoms with E-state index < -0.39 is 6.03 Å². The average Bonchev–Trinajstić information content (AvgIpc) is 2.52. The predicted octanol–water partition coefficient (Wildman–Crippen LogP) is 4.09. The number of rotatable bonds is 3. The minimum atomic E-state index is -0.507. The maximum absolute atomic E-state index is 11.8. The molecule has 0 saturated carbocycles. The predicted molar refractivity (Wildman–Crippen MR) is 96.1 cm³/mol. The number of halogens is 2. The maximum atomic E-state index is 11.8. The SMILES string of the molecule is Cc1ccccc1NC(=O)N/N=C\c1cc(Br)c(O)c(Br)c1O. The van der Waals surface area contributed by atoms with Crippen LogP contribution in [0.15, 0.2) is 44.4 Å². The highest BCUT2D eigenvalue weighted by molar-refractivity contribution is 9.11. The zero-order valence-electron chi connectivity index (χ0n) is 12.0. The summed E-state index contributed by atoms with van der Waals surface area (Å²) in [5.41, 5.74) is 4.23. The summed E-state index contributed by atoms with van der Waals surface area (Å²) in [6.07, 6.45) is 1.27. The Morgan fingerprint density at radius 1 is 1.22 bits per heavy atom. The molecule has 8 heteroatoms. The van der Waals surface area contributed by atoms with E-state index in [0.717, 1.165) is 5.56 Å². The third kappa shape index (κ3) is 4.23. The Balaban J connectivity index is 2.05. The summed E-state index contributed by atoms with van der Waals surface area (Å²) in [7, 11) is 0. The number of phenols is 2. The van der Waals surface area contributed by atoms with Gasteiger partial charge in [-0.25, -0.2) is 10.2 Å². The number of anilines is 1. The first-order valence-corrected chi connectivity index (χ1v) is 8.04. The Bertz CT molecular complexity index is 779. The van der Waals surface area contributed by atoms with E-state index in [9.17, 15) is 15.0 Å². The van der Waals surface area contributed by atoms with Crippen molar-refractivity contribution in [2.24, 2.45) is 5.10 Å². The highest BCUT2D eigenvalue weighted by atomic mass is 79.9. The number of benzene rings is 2. The van der Waals surface area contributed by atoms with E-state index >= 15 is 0 Å². The lowest BCUT2D eigenvalue weighted by atomic mass is 10.2. The van der Waals surface area contributed by atoms with Gasteiger partial charge in [-0.05, 0) is 56.5 Å². The van der Waals surface area contributed by atoms with Crippen LogP contribution in [-0.2, 0) is 0 Å². The van der Waals surface area contributed by atoms with E-state index in [2.05, 4.69) is 47.7 Å². The van der Waals surface area contributed by atoms with Crippen molar-refractivity contribution in [2.45, 2.75) is 6.92 Å². The number of urea groups is 1. The average molecular weight is 443 g/mol. The van der Waals surface area contributed by atoms with E-state index in [1.54, 1.807) is 6.07 Å². The minimum absolute atomic E-state index is 0.120. The van der Waals surface area contributed by atoms with Crippen LogP contribution in [0.2, 0.25) is 0 Å². The molecule has 2 aromatic rings. The maximum Gasteiger partial charge on any atom is 0.339 e. The quantitative estimate of drug-likeness (QED) is 0.426. The Kier molecular flexibility index (Phi) is 5.62. The summed E-state index contributed by atoms with van der Waals surface area (Å²) in [5.74, 6) is -0.305. The summed E-state index contributed by atoms with van der Waals surface area (Å²) < 4.78 is 0.519. The number of aromatic hydroxyl groups is 2. The van der Waals surface area contributed by atoms with Crippen LogP contribution in [0.25, 0.3) is 0 Å². The molecule has 0 aromatic heterocycles. The first-order chi connectivity index (χ1) is 10.9. The van der Waals surface area contributed by atoms with Crippen LogP contribution < -0.4 is 10.7 Å². The van der Waals surface area contributed by atoms with Crippen molar-refractivity contribution >= 4 is 49.8 Å². The molecule has 2 rings (SSSR count). The van der Waals surface area contributed by atoms with E-state index in [-0.39, 0.29) is 16.0 Å². The molecule has 0 heterocycles.